The number of rotatable bonds is 4. The maximum absolute atomic E-state index is 5.41. The van der Waals surface area contributed by atoms with Crippen LogP contribution in [0.2, 0.25) is 0 Å². The van der Waals surface area contributed by atoms with E-state index in [1.54, 1.807) is 6.20 Å². The molecule has 2 fully saturated rings. The van der Waals surface area contributed by atoms with Crippen LogP contribution >= 0.6 is 0 Å². The van der Waals surface area contributed by atoms with Crippen molar-refractivity contribution in [1.82, 2.24) is 29.9 Å². The Morgan fingerprint density at radius 3 is 2.93 bits per heavy atom. The van der Waals surface area contributed by atoms with Crippen LogP contribution < -0.4 is 10.6 Å². The zero-order valence-corrected chi connectivity index (χ0v) is 15.1. The van der Waals surface area contributed by atoms with Crippen LogP contribution in [0.1, 0.15) is 31.0 Å². The molecule has 2 aliphatic heterocycles. The fourth-order valence-corrected chi connectivity index (χ4v) is 3.84. The second kappa shape index (κ2) is 7.21. The zero-order valence-electron chi connectivity index (χ0n) is 15.1. The molecule has 3 aromatic rings. The van der Waals surface area contributed by atoms with Crippen LogP contribution in [0.3, 0.4) is 0 Å². The summed E-state index contributed by atoms with van der Waals surface area (Å²) >= 11 is 0. The molecule has 0 saturated carbocycles. The largest absolute Gasteiger partial charge is 0.381 e. The number of nitrogens with zero attached hydrogens (tertiary/aromatic N) is 5. The highest BCUT2D eigenvalue weighted by atomic mass is 16.5. The second-order valence-electron chi connectivity index (χ2n) is 7.19. The Morgan fingerprint density at radius 1 is 1.15 bits per heavy atom. The third kappa shape index (κ3) is 3.38. The lowest BCUT2D eigenvalue weighted by molar-refractivity contribution is 0.0903. The van der Waals surface area contributed by atoms with Gasteiger partial charge in [0.25, 0.3) is 0 Å². The van der Waals surface area contributed by atoms with Gasteiger partial charge in [0.15, 0.2) is 5.65 Å². The molecule has 1 atom stereocenters. The van der Waals surface area contributed by atoms with E-state index in [-0.39, 0.29) is 0 Å². The number of pyridine rings is 1. The van der Waals surface area contributed by atoms with E-state index < -0.39 is 0 Å². The maximum atomic E-state index is 5.41. The molecule has 3 aromatic heterocycles. The standard InChI is InChI=1S/C19H23N7O/c1-6-20-12-14(1)18-25-24-17-11-13(3-8-26(17)18)16-2-7-21-19(23-16)22-15-4-9-27-10-5-15/h2-3,7-8,11,14-15,20H,1,4-6,9-10,12H2,(H,21,22,23)/t14-/m1/s1. The molecule has 2 saturated heterocycles. The molecule has 0 bridgehead atoms. The van der Waals surface area contributed by atoms with Crippen molar-refractivity contribution < 1.29 is 4.74 Å². The zero-order chi connectivity index (χ0) is 18.1. The highest BCUT2D eigenvalue weighted by Crippen LogP contribution is 2.24. The topological polar surface area (TPSA) is 89.3 Å². The van der Waals surface area contributed by atoms with Crippen LogP contribution in [0.25, 0.3) is 16.9 Å². The van der Waals surface area contributed by atoms with Crippen molar-refractivity contribution in [3.63, 3.8) is 0 Å². The number of hydrogen-bond donors (Lipinski definition) is 2. The molecule has 27 heavy (non-hydrogen) atoms. The Hall–Kier alpha value is -2.58. The molecule has 5 rings (SSSR count). The van der Waals surface area contributed by atoms with Crippen LogP contribution in [0.5, 0.6) is 0 Å². The van der Waals surface area contributed by atoms with Gasteiger partial charge in [-0.15, -0.1) is 10.2 Å². The average molecular weight is 365 g/mol. The predicted octanol–water partition coefficient (Wildman–Crippen LogP) is 1.85. The van der Waals surface area contributed by atoms with Gasteiger partial charge in [-0.25, -0.2) is 9.97 Å². The number of nitrogens with one attached hydrogen (secondary N) is 2. The first kappa shape index (κ1) is 16.6. The van der Waals surface area contributed by atoms with Gasteiger partial charge in [-0.2, -0.15) is 0 Å². The minimum Gasteiger partial charge on any atom is -0.381 e. The Balaban J connectivity index is 1.40. The van der Waals surface area contributed by atoms with Crippen molar-refractivity contribution in [2.24, 2.45) is 0 Å². The molecule has 0 spiro atoms. The molecule has 0 aliphatic carbocycles. The summed E-state index contributed by atoms with van der Waals surface area (Å²) in [7, 11) is 0. The number of ether oxygens (including phenoxy) is 1. The molecule has 2 N–H and O–H groups in total. The molecule has 140 valence electrons. The fourth-order valence-electron chi connectivity index (χ4n) is 3.84. The fraction of sp³-hybridized carbons (Fsp3) is 0.474. The summed E-state index contributed by atoms with van der Waals surface area (Å²) in [5, 5.41) is 15.6. The highest BCUT2D eigenvalue weighted by Gasteiger charge is 2.22. The first-order valence-electron chi connectivity index (χ1n) is 9.60. The maximum Gasteiger partial charge on any atom is 0.223 e. The minimum atomic E-state index is 0.371. The smallest absolute Gasteiger partial charge is 0.223 e. The monoisotopic (exact) mass is 365 g/mol. The highest BCUT2D eigenvalue weighted by molar-refractivity contribution is 5.64. The lowest BCUT2D eigenvalue weighted by Gasteiger charge is -2.23. The summed E-state index contributed by atoms with van der Waals surface area (Å²) in [5.41, 5.74) is 2.75. The van der Waals surface area contributed by atoms with E-state index in [1.807, 2.05) is 18.3 Å². The van der Waals surface area contributed by atoms with Crippen LogP contribution in [0.15, 0.2) is 30.6 Å². The molecule has 5 heterocycles. The van der Waals surface area contributed by atoms with Crippen LogP contribution in [0.4, 0.5) is 5.95 Å². The van der Waals surface area contributed by atoms with Crippen molar-refractivity contribution in [3.05, 3.63) is 36.4 Å². The Kier molecular flexibility index (Phi) is 4.43. The number of anilines is 1. The Morgan fingerprint density at radius 2 is 2.07 bits per heavy atom. The Bertz CT molecular complexity index is 929. The van der Waals surface area contributed by atoms with Gasteiger partial charge in [0.2, 0.25) is 5.95 Å². The first-order chi connectivity index (χ1) is 13.4. The third-order valence-electron chi connectivity index (χ3n) is 5.37. The molecule has 0 radical (unpaired) electrons. The van der Waals surface area contributed by atoms with Gasteiger partial charge in [-0.3, -0.25) is 4.40 Å². The molecule has 0 amide bonds. The van der Waals surface area contributed by atoms with E-state index in [2.05, 4.69) is 36.3 Å². The summed E-state index contributed by atoms with van der Waals surface area (Å²) in [5.74, 6) is 2.13. The van der Waals surface area contributed by atoms with Gasteiger partial charge >= 0.3 is 0 Å². The normalized spacial score (nSPS) is 21.0. The third-order valence-corrected chi connectivity index (χ3v) is 5.37. The Labute approximate surface area is 157 Å². The van der Waals surface area contributed by atoms with Crippen molar-refractivity contribution in [2.45, 2.75) is 31.2 Å². The van der Waals surface area contributed by atoms with E-state index in [4.69, 9.17) is 9.72 Å². The van der Waals surface area contributed by atoms with E-state index in [9.17, 15) is 0 Å². The number of aromatic nitrogens is 5. The van der Waals surface area contributed by atoms with Crippen molar-refractivity contribution in [1.29, 1.82) is 0 Å². The second-order valence-corrected chi connectivity index (χ2v) is 7.19. The van der Waals surface area contributed by atoms with Gasteiger partial charge in [0.1, 0.15) is 5.82 Å². The summed E-state index contributed by atoms with van der Waals surface area (Å²) in [6.45, 7) is 3.59. The van der Waals surface area contributed by atoms with E-state index in [0.717, 1.165) is 68.3 Å². The van der Waals surface area contributed by atoms with Gasteiger partial charge < -0.3 is 15.4 Å². The van der Waals surface area contributed by atoms with Gasteiger partial charge in [-0.1, -0.05) is 0 Å². The molecular formula is C19H23N7O. The van der Waals surface area contributed by atoms with Gasteiger partial charge in [0, 0.05) is 49.7 Å². The van der Waals surface area contributed by atoms with Crippen molar-refractivity contribution in [3.8, 4) is 11.3 Å². The van der Waals surface area contributed by atoms with E-state index in [0.29, 0.717) is 17.9 Å². The molecular weight excluding hydrogens is 342 g/mol. The predicted molar refractivity (Wildman–Crippen MR) is 102 cm³/mol. The summed E-state index contributed by atoms with van der Waals surface area (Å²) in [6.07, 6.45) is 6.92. The molecule has 8 heteroatoms. The van der Waals surface area contributed by atoms with Gasteiger partial charge in [-0.05, 0) is 44.0 Å². The molecule has 0 unspecified atom stereocenters. The summed E-state index contributed by atoms with van der Waals surface area (Å²) in [6, 6.07) is 6.41. The van der Waals surface area contributed by atoms with Crippen LogP contribution in [-0.4, -0.2) is 56.9 Å². The molecule has 8 nitrogen and oxygen atoms in total. The lowest BCUT2D eigenvalue weighted by Crippen LogP contribution is -2.28. The lowest BCUT2D eigenvalue weighted by atomic mass is 10.1. The van der Waals surface area contributed by atoms with E-state index >= 15 is 0 Å². The molecule has 0 aromatic carbocycles. The van der Waals surface area contributed by atoms with Crippen molar-refractivity contribution >= 4 is 11.6 Å². The quantitative estimate of drug-likeness (QED) is 0.729. The van der Waals surface area contributed by atoms with Crippen molar-refractivity contribution in [2.75, 3.05) is 31.6 Å². The van der Waals surface area contributed by atoms with Gasteiger partial charge in [0.05, 0.1) is 5.69 Å². The van der Waals surface area contributed by atoms with Crippen LogP contribution in [0, 0.1) is 0 Å². The van der Waals surface area contributed by atoms with E-state index in [1.165, 1.54) is 0 Å². The number of fused-ring (bicyclic) bond motifs is 1. The summed E-state index contributed by atoms with van der Waals surface area (Å²) < 4.78 is 7.50. The summed E-state index contributed by atoms with van der Waals surface area (Å²) in [4.78, 5) is 9.07. The minimum absolute atomic E-state index is 0.371. The van der Waals surface area contributed by atoms with Crippen LogP contribution in [-0.2, 0) is 4.74 Å². The first-order valence-corrected chi connectivity index (χ1v) is 9.60. The average Bonchev–Trinajstić information content (AvgIpc) is 3.38. The molecule has 2 aliphatic rings. The number of hydrogen-bond acceptors (Lipinski definition) is 7. The SMILES string of the molecule is c1cc(-c2ccn3c([C@@H]4CCNC4)nnc3c2)nc(NC2CCOCC2)n1.